The first-order chi connectivity index (χ1) is 16.4. The van der Waals surface area contributed by atoms with Crippen LogP contribution in [0, 0.1) is 5.82 Å². The van der Waals surface area contributed by atoms with E-state index in [0.717, 1.165) is 41.8 Å². The second-order valence-corrected chi connectivity index (χ2v) is 11.2. The molecule has 0 aromatic heterocycles. The summed E-state index contributed by atoms with van der Waals surface area (Å²) in [5, 5.41) is 0. The van der Waals surface area contributed by atoms with Crippen molar-refractivity contribution in [3.63, 3.8) is 0 Å². The normalized spacial score (nSPS) is 12.7. The fourth-order valence-corrected chi connectivity index (χ4v) is 4.52. The van der Waals surface area contributed by atoms with Gasteiger partial charge in [-0.15, -0.1) is 0 Å². The molecule has 0 radical (unpaired) electrons. The number of halogens is 1. The van der Waals surface area contributed by atoms with Crippen LogP contribution in [0.3, 0.4) is 0 Å². The molecule has 0 saturated heterocycles. The highest BCUT2D eigenvalue weighted by Gasteiger charge is 2.23. The smallest absolute Gasteiger partial charge is 0.339 e. The summed E-state index contributed by atoms with van der Waals surface area (Å²) in [6.07, 6.45) is 0.765. The minimum Gasteiger partial charge on any atom is -0.379 e. The van der Waals surface area contributed by atoms with Crippen molar-refractivity contribution in [2.45, 2.75) is 63.9 Å². The average Bonchev–Trinajstić information content (AvgIpc) is 2.81. The third kappa shape index (κ3) is 6.69. The van der Waals surface area contributed by atoms with E-state index in [1.165, 1.54) is 6.07 Å². The highest BCUT2D eigenvalue weighted by atomic mass is 32.2. The first-order valence-corrected chi connectivity index (χ1v) is 13.0. The summed E-state index contributed by atoms with van der Waals surface area (Å²) in [5.74, 6) is -0.503. The maximum Gasteiger partial charge on any atom is 0.339 e. The number of rotatable bonds is 8. The van der Waals surface area contributed by atoms with Crippen molar-refractivity contribution in [3.05, 3.63) is 95.3 Å². The lowest BCUT2D eigenvalue weighted by atomic mass is 9.86. The third-order valence-electron chi connectivity index (χ3n) is 5.94. The van der Waals surface area contributed by atoms with Crippen LogP contribution in [0.25, 0.3) is 0 Å². The topological polar surface area (TPSA) is 63.7 Å². The Kier molecular flexibility index (Phi) is 8.00. The van der Waals surface area contributed by atoms with Gasteiger partial charge in [0.05, 0.1) is 0 Å². The second kappa shape index (κ2) is 10.6. The second-order valence-electron chi connectivity index (χ2n) is 9.66. The molecule has 0 saturated carbocycles. The average molecular weight is 498 g/mol. The number of hydrogen-bond acceptors (Lipinski definition) is 4. The van der Waals surface area contributed by atoms with Crippen LogP contribution in [-0.2, 0) is 22.1 Å². The van der Waals surface area contributed by atoms with Crippen molar-refractivity contribution in [2.24, 2.45) is 0 Å². The Bertz CT molecular complexity index is 1260. The zero-order valence-corrected chi connectivity index (χ0v) is 21.6. The van der Waals surface area contributed by atoms with Gasteiger partial charge in [0.1, 0.15) is 16.5 Å². The van der Waals surface area contributed by atoms with E-state index in [-0.39, 0.29) is 28.0 Å². The molecular weight excluding hydrogens is 465 g/mol. The summed E-state index contributed by atoms with van der Waals surface area (Å²) in [6.45, 7) is 10.7. The minimum atomic E-state index is -4.12. The monoisotopic (exact) mass is 497 g/mol. The Hall–Kier alpha value is -3.19. The summed E-state index contributed by atoms with van der Waals surface area (Å²) in [7, 11) is -4.12. The first-order valence-electron chi connectivity index (χ1n) is 11.6. The quantitative estimate of drug-likeness (QED) is 0.341. The summed E-state index contributed by atoms with van der Waals surface area (Å²) in [6, 6.07) is 18.7. The van der Waals surface area contributed by atoms with Gasteiger partial charge in [0.2, 0.25) is 0 Å². The van der Waals surface area contributed by atoms with Gasteiger partial charge in [-0.1, -0.05) is 52.0 Å². The van der Waals surface area contributed by atoms with Gasteiger partial charge < -0.3 is 9.08 Å². The molecule has 0 aliphatic carbocycles. The molecule has 1 unspecified atom stereocenters. The van der Waals surface area contributed by atoms with E-state index in [4.69, 9.17) is 4.18 Å². The molecule has 3 rings (SSSR count). The van der Waals surface area contributed by atoms with Crippen molar-refractivity contribution in [1.82, 2.24) is 4.90 Å². The van der Waals surface area contributed by atoms with Gasteiger partial charge in [0, 0.05) is 18.2 Å². The molecule has 35 heavy (non-hydrogen) atoms. The molecule has 1 amide bonds. The molecule has 0 fully saturated rings. The van der Waals surface area contributed by atoms with E-state index in [0.29, 0.717) is 12.1 Å². The van der Waals surface area contributed by atoms with Crippen LogP contribution in [0.2, 0.25) is 0 Å². The lowest BCUT2D eigenvalue weighted by molar-refractivity contribution is 0.0671. The molecule has 3 aromatic rings. The minimum absolute atomic E-state index is 0.00728. The molecule has 1 atom stereocenters. The van der Waals surface area contributed by atoms with E-state index >= 15 is 0 Å². The van der Waals surface area contributed by atoms with Crippen LogP contribution < -0.4 is 4.18 Å². The largest absolute Gasteiger partial charge is 0.379 e. The molecule has 7 heteroatoms. The van der Waals surface area contributed by atoms with Gasteiger partial charge in [-0.2, -0.15) is 8.42 Å². The SMILES string of the molecule is CCC(C)N(Cc1cccc(OS(=O)(=O)c2ccc(F)cc2)c1)C(=O)c1ccc(C(C)(C)C)cc1. The number of nitrogens with zero attached hydrogens (tertiary/aromatic N) is 1. The molecule has 3 aromatic carbocycles. The predicted octanol–water partition coefficient (Wildman–Crippen LogP) is 6.33. The van der Waals surface area contributed by atoms with Gasteiger partial charge in [-0.25, -0.2) is 4.39 Å². The predicted molar refractivity (Wildman–Crippen MR) is 135 cm³/mol. The molecule has 0 N–H and O–H groups in total. The number of carbonyl (C=O) groups is 1. The standard InChI is InChI=1S/C28H32FNO4S/c1-6-20(2)30(27(31)22-10-12-23(13-11-22)28(3,4)5)19-21-8-7-9-25(18-21)34-35(32,33)26-16-14-24(29)15-17-26/h7-18,20H,6,19H2,1-5H3. The Morgan fingerprint density at radius 2 is 1.63 bits per heavy atom. The fraction of sp³-hybridized carbons (Fsp3) is 0.321. The summed E-state index contributed by atoms with van der Waals surface area (Å²) >= 11 is 0. The summed E-state index contributed by atoms with van der Waals surface area (Å²) < 4.78 is 43.6. The Morgan fingerprint density at radius 1 is 1.00 bits per heavy atom. The van der Waals surface area contributed by atoms with Crippen molar-refractivity contribution in [2.75, 3.05) is 0 Å². The number of amides is 1. The van der Waals surface area contributed by atoms with E-state index in [2.05, 4.69) is 20.8 Å². The van der Waals surface area contributed by atoms with Gasteiger partial charge in [0.25, 0.3) is 5.91 Å². The van der Waals surface area contributed by atoms with Crippen molar-refractivity contribution >= 4 is 16.0 Å². The first kappa shape index (κ1) is 26.4. The number of carbonyl (C=O) groups excluding carboxylic acids is 1. The fourth-order valence-electron chi connectivity index (χ4n) is 3.60. The Balaban J connectivity index is 1.82. The molecule has 0 aliphatic heterocycles. The van der Waals surface area contributed by atoms with E-state index in [1.807, 2.05) is 44.2 Å². The van der Waals surface area contributed by atoms with Crippen LogP contribution in [0.15, 0.2) is 77.7 Å². The van der Waals surface area contributed by atoms with Gasteiger partial charge in [-0.05, 0) is 78.4 Å². The van der Waals surface area contributed by atoms with Gasteiger partial charge >= 0.3 is 10.1 Å². The molecule has 0 bridgehead atoms. The summed E-state index contributed by atoms with van der Waals surface area (Å²) in [4.78, 5) is 15.0. The lowest BCUT2D eigenvalue weighted by Gasteiger charge is -2.29. The maximum atomic E-state index is 13.4. The molecule has 0 aliphatic rings. The van der Waals surface area contributed by atoms with Gasteiger partial charge in [-0.3, -0.25) is 4.79 Å². The van der Waals surface area contributed by atoms with Crippen LogP contribution in [-0.4, -0.2) is 25.3 Å². The Labute approximate surface area is 207 Å². The summed E-state index contributed by atoms with van der Waals surface area (Å²) in [5.41, 5.74) is 2.48. The zero-order valence-electron chi connectivity index (χ0n) is 20.8. The third-order valence-corrected chi connectivity index (χ3v) is 7.20. The van der Waals surface area contributed by atoms with Crippen molar-refractivity contribution in [3.8, 4) is 5.75 Å². The Morgan fingerprint density at radius 3 is 2.20 bits per heavy atom. The zero-order chi connectivity index (χ0) is 25.8. The molecule has 186 valence electrons. The van der Waals surface area contributed by atoms with Crippen molar-refractivity contribution in [1.29, 1.82) is 0 Å². The molecular formula is C28H32FNO4S. The van der Waals surface area contributed by atoms with Crippen molar-refractivity contribution < 1.29 is 21.8 Å². The van der Waals surface area contributed by atoms with E-state index in [9.17, 15) is 17.6 Å². The van der Waals surface area contributed by atoms with E-state index < -0.39 is 15.9 Å². The maximum absolute atomic E-state index is 13.4. The molecule has 0 spiro atoms. The van der Waals surface area contributed by atoms with Crippen LogP contribution in [0.5, 0.6) is 5.75 Å². The molecule has 0 heterocycles. The molecule has 5 nitrogen and oxygen atoms in total. The van der Waals surface area contributed by atoms with E-state index in [1.54, 1.807) is 17.0 Å². The lowest BCUT2D eigenvalue weighted by Crippen LogP contribution is -2.37. The van der Waals surface area contributed by atoms with Crippen LogP contribution in [0.4, 0.5) is 4.39 Å². The number of hydrogen-bond donors (Lipinski definition) is 0. The highest BCUT2D eigenvalue weighted by Crippen LogP contribution is 2.25. The number of benzene rings is 3. The van der Waals surface area contributed by atoms with Gasteiger partial charge in [0.15, 0.2) is 0 Å². The van der Waals surface area contributed by atoms with Crippen LogP contribution in [0.1, 0.15) is 62.5 Å². The van der Waals surface area contributed by atoms with Crippen LogP contribution >= 0.6 is 0 Å². The highest BCUT2D eigenvalue weighted by molar-refractivity contribution is 7.87.